The molecule has 1 atom stereocenters. The van der Waals surface area contributed by atoms with Gasteiger partial charge in [-0.2, -0.15) is 0 Å². The minimum atomic E-state index is -0.188. The number of rotatable bonds is 7. The molecule has 0 radical (unpaired) electrons. The molecule has 0 aliphatic carbocycles. The average molecular weight is 562 g/mol. The van der Waals surface area contributed by atoms with Crippen molar-refractivity contribution >= 4 is 29.4 Å². The SMILES string of the molecule is O=C1c2cc(-c3nc(NC4CCOCC4)ncc3Cl)ccc2CN1CC(=O)N1Cc2ccccc2C[C@H]1CCO. The van der Waals surface area contributed by atoms with Crippen LogP contribution >= 0.6 is 11.6 Å². The van der Waals surface area contributed by atoms with E-state index in [0.717, 1.165) is 29.5 Å². The summed E-state index contributed by atoms with van der Waals surface area (Å²) in [7, 11) is 0. The van der Waals surface area contributed by atoms with Gasteiger partial charge in [0.25, 0.3) is 5.91 Å². The zero-order chi connectivity index (χ0) is 27.6. The lowest BCUT2D eigenvalue weighted by Crippen LogP contribution is -2.48. The number of anilines is 1. The molecule has 2 aromatic carbocycles. The second-order valence-corrected chi connectivity index (χ2v) is 11.0. The van der Waals surface area contributed by atoms with Crippen molar-refractivity contribution in [2.24, 2.45) is 0 Å². The molecule has 0 bridgehead atoms. The molecule has 1 aromatic heterocycles. The fourth-order valence-electron chi connectivity index (χ4n) is 5.84. The Balaban J connectivity index is 1.18. The topological polar surface area (TPSA) is 108 Å². The maximum absolute atomic E-state index is 13.5. The molecule has 2 N–H and O–H groups in total. The van der Waals surface area contributed by atoms with Crippen molar-refractivity contribution in [3.63, 3.8) is 0 Å². The number of carbonyl (C=O) groups excluding carboxylic acids is 2. The lowest BCUT2D eigenvalue weighted by atomic mass is 9.92. The van der Waals surface area contributed by atoms with Gasteiger partial charge >= 0.3 is 0 Å². The molecule has 2 amide bonds. The van der Waals surface area contributed by atoms with Crippen LogP contribution in [0.25, 0.3) is 11.3 Å². The van der Waals surface area contributed by atoms with Gasteiger partial charge in [-0.15, -0.1) is 0 Å². The molecule has 6 rings (SSSR count). The van der Waals surface area contributed by atoms with Gasteiger partial charge < -0.3 is 25.0 Å². The Kier molecular flexibility index (Phi) is 7.69. The first kappa shape index (κ1) is 26.7. The Morgan fingerprint density at radius 1 is 1.10 bits per heavy atom. The van der Waals surface area contributed by atoms with Gasteiger partial charge in [0.2, 0.25) is 11.9 Å². The van der Waals surface area contributed by atoms with Crippen molar-refractivity contribution in [3.8, 4) is 11.3 Å². The summed E-state index contributed by atoms with van der Waals surface area (Å²) in [5.41, 5.74) is 5.00. The fourth-order valence-corrected chi connectivity index (χ4v) is 6.04. The van der Waals surface area contributed by atoms with Gasteiger partial charge in [0.15, 0.2) is 0 Å². The molecule has 0 unspecified atom stereocenters. The summed E-state index contributed by atoms with van der Waals surface area (Å²) in [6.45, 7) is 2.25. The quantitative estimate of drug-likeness (QED) is 0.453. The number of aliphatic hydroxyl groups is 1. The van der Waals surface area contributed by atoms with E-state index in [-0.39, 0.29) is 37.0 Å². The van der Waals surface area contributed by atoms with E-state index < -0.39 is 0 Å². The van der Waals surface area contributed by atoms with Crippen molar-refractivity contribution < 1.29 is 19.4 Å². The van der Waals surface area contributed by atoms with Crippen molar-refractivity contribution in [1.29, 1.82) is 0 Å². The Bertz CT molecular complexity index is 1430. The zero-order valence-corrected chi connectivity index (χ0v) is 22.9. The number of nitrogens with zero attached hydrogens (tertiary/aromatic N) is 4. The van der Waals surface area contributed by atoms with Crippen LogP contribution in [0.2, 0.25) is 5.02 Å². The highest BCUT2D eigenvalue weighted by Crippen LogP contribution is 2.32. The summed E-state index contributed by atoms with van der Waals surface area (Å²) in [6.07, 6.45) is 4.54. The Morgan fingerprint density at radius 2 is 1.90 bits per heavy atom. The van der Waals surface area contributed by atoms with Crippen molar-refractivity contribution in [3.05, 3.63) is 75.9 Å². The number of hydrogen-bond acceptors (Lipinski definition) is 7. The predicted molar refractivity (Wildman–Crippen MR) is 151 cm³/mol. The molecule has 40 heavy (non-hydrogen) atoms. The monoisotopic (exact) mass is 561 g/mol. The maximum atomic E-state index is 13.5. The highest BCUT2D eigenvalue weighted by Gasteiger charge is 2.34. The number of aromatic nitrogens is 2. The number of aliphatic hydroxyl groups excluding tert-OH is 1. The molecule has 208 valence electrons. The molecule has 1 saturated heterocycles. The van der Waals surface area contributed by atoms with Crippen LogP contribution in [0.3, 0.4) is 0 Å². The van der Waals surface area contributed by atoms with Gasteiger partial charge in [-0.25, -0.2) is 9.97 Å². The van der Waals surface area contributed by atoms with Crippen LogP contribution in [0.15, 0.2) is 48.7 Å². The van der Waals surface area contributed by atoms with Crippen LogP contribution in [-0.2, 0) is 29.0 Å². The van der Waals surface area contributed by atoms with Gasteiger partial charge in [0.05, 0.1) is 16.9 Å². The molecule has 1 fully saturated rings. The standard InChI is InChI=1S/C30H32ClN5O4/c31-26-15-32-30(33-23-8-11-40-12-9-23)34-28(26)20-5-6-22-16-35(29(39)25(22)14-20)18-27(38)36-17-21-4-2-1-3-19(21)13-24(36)7-10-37/h1-6,14-15,23-24,37H,7-13,16-18H2,(H,32,33,34)/t24-/m1/s1. The van der Waals surface area contributed by atoms with Crippen LogP contribution in [0.4, 0.5) is 5.95 Å². The second-order valence-electron chi connectivity index (χ2n) is 10.6. The summed E-state index contributed by atoms with van der Waals surface area (Å²) in [5, 5.41) is 13.4. The van der Waals surface area contributed by atoms with E-state index in [4.69, 9.17) is 16.3 Å². The van der Waals surface area contributed by atoms with E-state index in [1.54, 1.807) is 17.2 Å². The number of nitrogens with one attached hydrogen (secondary N) is 1. The largest absolute Gasteiger partial charge is 0.396 e. The molecule has 3 aromatic rings. The number of halogens is 1. The van der Waals surface area contributed by atoms with Gasteiger partial charge in [-0.05, 0) is 48.4 Å². The lowest BCUT2D eigenvalue weighted by Gasteiger charge is -2.37. The average Bonchev–Trinajstić information content (AvgIpc) is 3.28. The van der Waals surface area contributed by atoms with Crippen molar-refractivity contribution in [2.45, 2.75) is 50.9 Å². The number of carbonyl (C=O) groups is 2. The first-order chi connectivity index (χ1) is 19.5. The number of fused-ring (bicyclic) bond motifs is 2. The van der Waals surface area contributed by atoms with E-state index in [9.17, 15) is 14.7 Å². The maximum Gasteiger partial charge on any atom is 0.254 e. The van der Waals surface area contributed by atoms with Gasteiger partial charge in [-0.3, -0.25) is 9.59 Å². The van der Waals surface area contributed by atoms with Crippen LogP contribution in [0.1, 0.15) is 46.3 Å². The van der Waals surface area contributed by atoms with E-state index in [1.807, 2.05) is 35.2 Å². The number of benzene rings is 2. The molecule has 10 heteroatoms. The predicted octanol–water partition coefficient (Wildman–Crippen LogP) is 3.68. The third-order valence-electron chi connectivity index (χ3n) is 8.02. The highest BCUT2D eigenvalue weighted by molar-refractivity contribution is 6.33. The summed E-state index contributed by atoms with van der Waals surface area (Å²) >= 11 is 6.48. The first-order valence-corrected chi connectivity index (χ1v) is 14.1. The van der Waals surface area contributed by atoms with Crippen LogP contribution in [0.5, 0.6) is 0 Å². The third kappa shape index (κ3) is 5.41. The Morgan fingerprint density at radius 3 is 2.70 bits per heavy atom. The third-order valence-corrected chi connectivity index (χ3v) is 8.30. The summed E-state index contributed by atoms with van der Waals surface area (Å²) < 4.78 is 5.43. The summed E-state index contributed by atoms with van der Waals surface area (Å²) in [4.78, 5) is 39.3. The minimum Gasteiger partial charge on any atom is -0.396 e. The second kappa shape index (κ2) is 11.5. The fraction of sp³-hybridized carbons (Fsp3) is 0.400. The van der Waals surface area contributed by atoms with Gasteiger partial charge in [0, 0.05) is 56.1 Å². The number of amides is 2. The number of ether oxygens (including phenoxy) is 1. The Hall–Kier alpha value is -3.53. The smallest absolute Gasteiger partial charge is 0.254 e. The lowest BCUT2D eigenvalue weighted by molar-refractivity contribution is -0.135. The summed E-state index contributed by atoms with van der Waals surface area (Å²) in [5.74, 6) is 0.190. The van der Waals surface area contributed by atoms with Gasteiger partial charge in [0.1, 0.15) is 6.54 Å². The van der Waals surface area contributed by atoms with Crippen molar-refractivity contribution in [1.82, 2.24) is 19.8 Å². The molecule has 4 heterocycles. The summed E-state index contributed by atoms with van der Waals surface area (Å²) in [6, 6.07) is 13.8. The van der Waals surface area contributed by atoms with Crippen molar-refractivity contribution in [2.75, 3.05) is 31.7 Å². The highest BCUT2D eigenvalue weighted by atomic mass is 35.5. The molecule has 0 saturated carbocycles. The first-order valence-electron chi connectivity index (χ1n) is 13.8. The zero-order valence-electron chi connectivity index (χ0n) is 22.2. The van der Waals surface area contributed by atoms with Crippen LogP contribution in [-0.4, -0.2) is 75.1 Å². The molecule has 3 aliphatic rings. The van der Waals surface area contributed by atoms with Gasteiger partial charge in [-0.1, -0.05) is 48.0 Å². The van der Waals surface area contributed by atoms with Crippen LogP contribution in [0, 0.1) is 0 Å². The molecular weight excluding hydrogens is 530 g/mol. The minimum absolute atomic E-state index is 0.00534. The number of hydrogen-bond donors (Lipinski definition) is 2. The Labute approximate surface area is 238 Å². The molecular formula is C30H32ClN5O4. The van der Waals surface area contributed by atoms with E-state index in [2.05, 4.69) is 21.4 Å². The van der Waals surface area contributed by atoms with E-state index in [1.165, 1.54) is 5.56 Å². The molecule has 9 nitrogen and oxygen atoms in total. The molecule has 3 aliphatic heterocycles. The van der Waals surface area contributed by atoms with E-state index in [0.29, 0.717) is 61.4 Å². The molecule has 0 spiro atoms. The van der Waals surface area contributed by atoms with E-state index >= 15 is 0 Å². The normalized spacial score (nSPS) is 18.9. The van der Waals surface area contributed by atoms with Crippen LogP contribution < -0.4 is 5.32 Å².